The van der Waals surface area contributed by atoms with E-state index in [-0.39, 0.29) is 5.92 Å². The Morgan fingerprint density at radius 1 is 1.14 bits per heavy atom. The number of carbonyl (C=O) groups is 1. The lowest BCUT2D eigenvalue weighted by molar-refractivity contribution is -0.409. The van der Waals surface area contributed by atoms with Crippen molar-refractivity contribution in [3.05, 3.63) is 12.2 Å². The third-order valence-corrected chi connectivity index (χ3v) is 7.84. The zero-order valence-electron chi connectivity index (χ0n) is 15.2. The molecule has 0 aromatic heterocycles. The van der Waals surface area contributed by atoms with Crippen LogP contribution in [0.1, 0.15) is 19.3 Å². The predicted octanol–water partition coefficient (Wildman–Crippen LogP) is 2.27. The second kappa shape index (κ2) is 5.91. The van der Waals surface area contributed by atoms with Crippen LogP contribution < -0.4 is 0 Å². The first-order valence-electron chi connectivity index (χ1n) is 9.83. The number of fused-ring (bicyclic) bond motifs is 9. The van der Waals surface area contributed by atoms with Crippen LogP contribution in [0, 0.1) is 41.4 Å². The number of esters is 1. The van der Waals surface area contributed by atoms with Gasteiger partial charge in [-0.1, -0.05) is 12.2 Å². The number of aliphatic hydroxyl groups excluding tert-OH is 1. The van der Waals surface area contributed by atoms with Crippen LogP contribution in [0.25, 0.3) is 0 Å². The van der Waals surface area contributed by atoms with Crippen molar-refractivity contribution >= 4 is 5.97 Å². The SMILES string of the molecule is O=C(OCC1OC(O)(C(F)(F)F)C(F)(F)C1O)C1CC2CC1C1C3C=CC(C3)C21. The molecule has 0 aromatic rings. The molecule has 10 unspecified atom stereocenters. The summed E-state index contributed by atoms with van der Waals surface area (Å²) in [6, 6.07) is 0. The van der Waals surface area contributed by atoms with Crippen molar-refractivity contribution < 1.29 is 46.4 Å². The Bertz CT molecular complexity index is 754. The number of hydrogen-bond acceptors (Lipinski definition) is 5. The van der Waals surface area contributed by atoms with Gasteiger partial charge in [-0.2, -0.15) is 22.0 Å². The van der Waals surface area contributed by atoms with E-state index in [2.05, 4.69) is 16.9 Å². The van der Waals surface area contributed by atoms with Crippen molar-refractivity contribution in [2.45, 2.75) is 49.4 Å². The second-order valence-corrected chi connectivity index (χ2v) is 9.10. The Morgan fingerprint density at radius 2 is 1.79 bits per heavy atom. The summed E-state index contributed by atoms with van der Waals surface area (Å²) in [5.41, 5.74) is 0. The molecule has 5 aliphatic rings. The lowest BCUT2D eigenvalue weighted by atomic mass is 9.69. The maximum Gasteiger partial charge on any atom is 0.449 e. The third-order valence-electron chi connectivity index (χ3n) is 7.84. The van der Waals surface area contributed by atoms with E-state index in [1.165, 1.54) is 0 Å². The molecule has 10 atom stereocenters. The van der Waals surface area contributed by atoms with Gasteiger partial charge in [0, 0.05) is 0 Å². The highest BCUT2D eigenvalue weighted by Crippen LogP contribution is 2.67. The molecule has 162 valence electrons. The average Bonchev–Trinajstić information content (AvgIpc) is 3.42. The van der Waals surface area contributed by atoms with E-state index in [4.69, 9.17) is 4.74 Å². The summed E-state index contributed by atoms with van der Waals surface area (Å²) in [6.45, 7) is -0.984. The van der Waals surface area contributed by atoms with E-state index in [0.29, 0.717) is 36.0 Å². The molecule has 29 heavy (non-hydrogen) atoms. The highest BCUT2D eigenvalue weighted by molar-refractivity contribution is 5.73. The van der Waals surface area contributed by atoms with Gasteiger partial charge in [0.1, 0.15) is 12.7 Å². The molecule has 0 amide bonds. The smallest absolute Gasteiger partial charge is 0.449 e. The molecule has 4 fully saturated rings. The van der Waals surface area contributed by atoms with Gasteiger partial charge in [-0.3, -0.25) is 4.79 Å². The summed E-state index contributed by atoms with van der Waals surface area (Å²) in [5.74, 6) is -8.41. The van der Waals surface area contributed by atoms with E-state index >= 15 is 0 Å². The molecule has 3 saturated carbocycles. The highest BCUT2D eigenvalue weighted by atomic mass is 19.4. The maximum absolute atomic E-state index is 13.8. The zero-order chi connectivity index (χ0) is 20.9. The van der Waals surface area contributed by atoms with Crippen molar-refractivity contribution in [1.82, 2.24) is 0 Å². The van der Waals surface area contributed by atoms with Crippen LogP contribution in [0.15, 0.2) is 12.2 Å². The lowest BCUT2D eigenvalue weighted by Gasteiger charge is -2.35. The molecule has 4 aliphatic carbocycles. The van der Waals surface area contributed by atoms with Gasteiger partial charge in [0.05, 0.1) is 5.92 Å². The number of allylic oxidation sites excluding steroid dienone is 2. The fraction of sp³-hybridized carbons (Fsp3) is 0.842. The molecule has 2 N–H and O–H groups in total. The van der Waals surface area contributed by atoms with Crippen LogP contribution in [-0.4, -0.2) is 52.9 Å². The lowest BCUT2D eigenvalue weighted by Crippen LogP contribution is -2.59. The molecule has 0 spiro atoms. The van der Waals surface area contributed by atoms with Gasteiger partial charge in [0.15, 0.2) is 6.10 Å². The summed E-state index contributed by atoms with van der Waals surface area (Å²) in [4.78, 5) is 12.6. The molecule has 1 aliphatic heterocycles. The van der Waals surface area contributed by atoms with Gasteiger partial charge in [0.2, 0.25) is 0 Å². The summed E-state index contributed by atoms with van der Waals surface area (Å²) in [6.07, 6.45) is -3.91. The van der Waals surface area contributed by atoms with E-state index in [0.717, 1.165) is 12.8 Å². The Labute approximate surface area is 162 Å². The molecule has 5 rings (SSSR count). The fourth-order valence-electron chi connectivity index (χ4n) is 6.74. The first-order valence-corrected chi connectivity index (χ1v) is 9.83. The second-order valence-electron chi connectivity index (χ2n) is 9.10. The van der Waals surface area contributed by atoms with Gasteiger partial charge < -0.3 is 19.7 Å². The van der Waals surface area contributed by atoms with Gasteiger partial charge in [-0.05, 0) is 54.8 Å². The number of carbonyl (C=O) groups excluding carboxylic acids is 1. The first-order chi connectivity index (χ1) is 13.5. The largest absolute Gasteiger partial charge is 0.463 e. The molecule has 10 heteroatoms. The highest BCUT2D eigenvalue weighted by Gasteiger charge is 2.79. The Balaban J connectivity index is 1.24. The van der Waals surface area contributed by atoms with Crippen molar-refractivity contribution in [2.24, 2.45) is 41.4 Å². The molecule has 1 saturated heterocycles. The molecule has 5 nitrogen and oxygen atoms in total. The minimum absolute atomic E-state index is 0.125. The monoisotopic (exact) mass is 424 g/mol. The van der Waals surface area contributed by atoms with Crippen LogP contribution in [0.5, 0.6) is 0 Å². The maximum atomic E-state index is 13.8. The van der Waals surface area contributed by atoms with Crippen LogP contribution >= 0.6 is 0 Å². The predicted molar refractivity (Wildman–Crippen MR) is 85.2 cm³/mol. The molecular weight excluding hydrogens is 403 g/mol. The average molecular weight is 424 g/mol. The standard InChI is InChI=1S/C19H21F5O5/c20-17(21)15(25)12(29-18(17,27)19(22,23)24)6-28-16(26)11-5-9-4-10(11)14-8-2-1-7(3-8)13(9)14/h1-2,7-15,25,27H,3-6H2. The summed E-state index contributed by atoms with van der Waals surface area (Å²) in [5, 5.41) is 18.9. The van der Waals surface area contributed by atoms with E-state index in [1.807, 2.05) is 0 Å². The first kappa shape index (κ1) is 19.7. The molecular formula is C19H21F5O5. The Hall–Kier alpha value is -1.26. The molecule has 1 heterocycles. The van der Waals surface area contributed by atoms with Gasteiger partial charge in [0.25, 0.3) is 0 Å². The summed E-state index contributed by atoms with van der Waals surface area (Å²) < 4.78 is 75.3. The molecule has 4 bridgehead atoms. The van der Waals surface area contributed by atoms with Crippen LogP contribution in [0.3, 0.4) is 0 Å². The topological polar surface area (TPSA) is 76.0 Å². The van der Waals surface area contributed by atoms with E-state index in [9.17, 15) is 37.0 Å². The molecule has 0 radical (unpaired) electrons. The van der Waals surface area contributed by atoms with E-state index in [1.54, 1.807) is 0 Å². The minimum atomic E-state index is -5.83. The summed E-state index contributed by atoms with van der Waals surface area (Å²) >= 11 is 0. The number of alkyl halides is 5. The normalized spacial score (nSPS) is 51.6. The van der Waals surface area contributed by atoms with Gasteiger partial charge in [-0.25, -0.2) is 0 Å². The number of ether oxygens (including phenoxy) is 2. The van der Waals surface area contributed by atoms with Crippen LogP contribution in [0.2, 0.25) is 0 Å². The fourth-order valence-corrected chi connectivity index (χ4v) is 6.74. The number of rotatable bonds is 3. The number of hydrogen-bond donors (Lipinski definition) is 2. The Morgan fingerprint density at radius 3 is 2.41 bits per heavy atom. The Kier molecular flexibility index (Phi) is 4.01. The zero-order valence-corrected chi connectivity index (χ0v) is 15.2. The van der Waals surface area contributed by atoms with Crippen LogP contribution in [-0.2, 0) is 14.3 Å². The quantitative estimate of drug-likeness (QED) is 0.315. The number of halogens is 5. The summed E-state index contributed by atoms with van der Waals surface area (Å²) in [7, 11) is 0. The van der Waals surface area contributed by atoms with Crippen molar-refractivity contribution in [3.8, 4) is 0 Å². The van der Waals surface area contributed by atoms with Crippen LogP contribution in [0.4, 0.5) is 22.0 Å². The third kappa shape index (κ3) is 2.45. The van der Waals surface area contributed by atoms with Crippen molar-refractivity contribution in [3.63, 3.8) is 0 Å². The van der Waals surface area contributed by atoms with E-state index < -0.39 is 48.6 Å². The van der Waals surface area contributed by atoms with Crippen molar-refractivity contribution in [1.29, 1.82) is 0 Å². The number of aliphatic hydroxyl groups is 2. The van der Waals surface area contributed by atoms with Gasteiger partial charge in [-0.15, -0.1) is 0 Å². The van der Waals surface area contributed by atoms with Crippen molar-refractivity contribution in [2.75, 3.05) is 6.61 Å². The minimum Gasteiger partial charge on any atom is -0.463 e. The molecule has 0 aromatic carbocycles. The van der Waals surface area contributed by atoms with Gasteiger partial charge >= 0.3 is 23.9 Å².